The van der Waals surface area contributed by atoms with Crippen LogP contribution in [0.15, 0.2) is 59.7 Å². The normalized spacial score (nSPS) is 11.5. The van der Waals surface area contributed by atoms with Gasteiger partial charge in [0.2, 0.25) is 0 Å². The zero-order valence-corrected chi connectivity index (χ0v) is 17.0. The monoisotopic (exact) mass is 393 g/mol. The van der Waals surface area contributed by atoms with Gasteiger partial charge in [0.1, 0.15) is 0 Å². The van der Waals surface area contributed by atoms with Gasteiger partial charge in [-0.15, -0.1) is 11.3 Å². The Morgan fingerprint density at radius 1 is 1.11 bits per heavy atom. The molecule has 0 fully saturated rings. The highest BCUT2D eigenvalue weighted by molar-refractivity contribution is 7.09. The van der Waals surface area contributed by atoms with Crippen molar-refractivity contribution in [2.75, 3.05) is 6.54 Å². The molecule has 0 unspecified atom stereocenters. The van der Waals surface area contributed by atoms with Gasteiger partial charge in [0.25, 0.3) is 11.8 Å². The molecule has 1 aromatic heterocycles. The maximum atomic E-state index is 12.6. The van der Waals surface area contributed by atoms with Gasteiger partial charge in [0.15, 0.2) is 4.80 Å². The molecule has 0 bridgehead atoms. The summed E-state index contributed by atoms with van der Waals surface area (Å²) in [5, 5.41) is 2.84. The number of hydrogen-bond donors (Lipinski definition) is 1. The van der Waals surface area contributed by atoms with Gasteiger partial charge in [-0.3, -0.25) is 9.59 Å². The van der Waals surface area contributed by atoms with Crippen LogP contribution < -0.4 is 10.1 Å². The molecule has 0 aliphatic rings. The second-order valence-corrected chi connectivity index (χ2v) is 7.77. The fourth-order valence-electron chi connectivity index (χ4n) is 2.95. The first-order valence-corrected chi connectivity index (χ1v) is 9.98. The Morgan fingerprint density at radius 3 is 2.64 bits per heavy atom. The standard InChI is InChI=1S/C22H23N3O2S/c1-4-23-21(27)19-11-6-5-9-18(19)14-25-13-16(3)28-22(25)24-20(26)17-10-7-8-15(2)12-17/h5-13H,4,14H2,1-3H3,(H,23,27). The zero-order valence-electron chi connectivity index (χ0n) is 16.2. The number of carbonyl (C=O) groups excluding carboxylic acids is 2. The van der Waals surface area contributed by atoms with Gasteiger partial charge in [-0.1, -0.05) is 35.9 Å². The van der Waals surface area contributed by atoms with Gasteiger partial charge in [-0.05, 0) is 44.5 Å². The van der Waals surface area contributed by atoms with Gasteiger partial charge in [0.05, 0.1) is 6.54 Å². The van der Waals surface area contributed by atoms with Crippen molar-refractivity contribution in [1.82, 2.24) is 9.88 Å². The van der Waals surface area contributed by atoms with E-state index in [0.29, 0.717) is 29.0 Å². The molecule has 2 aromatic carbocycles. The van der Waals surface area contributed by atoms with E-state index in [1.165, 1.54) is 11.3 Å². The number of rotatable bonds is 5. The lowest BCUT2D eigenvalue weighted by atomic mass is 10.1. The van der Waals surface area contributed by atoms with E-state index in [9.17, 15) is 9.59 Å². The third-order valence-electron chi connectivity index (χ3n) is 4.24. The largest absolute Gasteiger partial charge is 0.352 e. The molecule has 1 heterocycles. The maximum absolute atomic E-state index is 12.6. The molecular weight excluding hydrogens is 370 g/mol. The fraction of sp³-hybridized carbons (Fsp3) is 0.227. The smallest absolute Gasteiger partial charge is 0.279 e. The summed E-state index contributed by atoms with van der Waals surface area (Å²) in [6, 6.07) is 14.9. The van der Waals surface area contributed by atoms with E-state index in [2.05, 4.69) is 10.3 Å². The summed E-state index contributed by atoms with van der Waals surface area (Å²) in [5.74, 6) is -0.365. The predicted octanol–water partition coefficient (Wildman–Crippen LogP) is 3.71. The molecular formula is C22H23N3O2S. The third kappa shape index (κ3) is 4.64. The van der Waals surface area contributed by atoms with Crippen LogP contribution in [0.2, 0.25) is 0 Å². The molecule has 5 nitrogen and oxygen atoms in total. The SMILES string of the molecule is CCNC(=O)c1ccccc1Cn1cc(C)sc1=NC(=O)c1cccc(C)c1. The fourth-order valence-corrected chi connectivity index (χ4v) is 3.78. The van der Waals surface area contributed by atoms with E-state index in [0.717, 1.165) is 16.0 Å². The Balaban J connectivity index is 1.96. The summed E-state index contributed by atoms with van der Waals surface area (Å²) >= 11 is 1.46. The Bertz CT molecular complexity index is 1080. The first-order chi connectivity index (χ1) is 13.5. The molecule has 0 aliphatic carbocycles. The van der Waals surface area contributed by atoms with Crippen LogP contribution in [0, 0.1) is 13.8 Å². The molecule has 3 aromatic rings. The van der Waals surface area contributed by atoms with E-state index in [-0.39, 0.29) is 11.8 Å². The first-order valence-electron chi connectivity index (χ1n) is 9.16. The zero-order chi connectivity index (χ0) is 20.1. The van der Waals surface area contributed by atoms with Crippen LogP contribution in [0.4, 0.5) is 0 Å². The van der Waals surface area contributed by atoms with Crippen LogP contribution in [0.25, 0.3) is 0 Å². The van der Waals surface area contributed by atoms with Gasteiger partial charge >= 0.3 is 0 Å². The maximum Gasteiger partial charge on any atom is 0.279 e. The number of aromatic nitrogens is 1. The van der Waals surface area contributed by atoms with Gasteiger partial charge in [-0.2, -0.15) is 4.99 Å². The summed E-state index contributed by atoms with van der Waals surface area (Å²) in [7, 11) is 0. The minimum Gasteiger partial charge on any atom is -0.352 e. The molecule has 0 saturated heterocycles. The number of aryl methyl sites for hydroxylation is 2. The second kappa shape index (κ2) is 8.80. The summed E-state index contributed by atoms with van der Waals surface area (Å²) < 4.78 is 1.92. The third-order valence-corrected chi connectivity index (χ3v) is 5.17. The number of nitrogens with one attached hydrogen (secondary N) is 1. The van der Waals surface area contributed by atoms with Crippen molar-refractivity contribution in [2.45, 2.75) is 27.3 Å². The average molecular weight is 394 g/mol. The Hall–Kier alpha value is -2.99. The van der Waals surface area contributed by atoms with Crippen LogP contribution in [0.3, 0.4) is 0 Å². The van der Waals surface area contributed by atoms with Gasteiger partial charge in [-0.25, -0.2) is 0 Å². The lowest BCUT2D eigenvalue weighted by molar-refractivity contribution is 0.0953. The quantitative estimate of drug-likeness (QED) is 0.718. The number of carbonyl (C=O) groups is 2. The summed E-state index contributed by atoms with van der Waals surface area (Å²) in [4.78, 5) is 31.0. The van der Waals surface area contributed by atoms with E-state index in [4.69, 9.17) is 0 Å². The molecule has 6 heteroatoms. The van der Waals surface area contributed by atoms with E-state index < -0.39 is 0 Å². The lowest BCUT2D eigenvalue weighted by Gasteiger charge is -2.10. The highest BCUT2D eigenvalue weighted by Gasteiger charge is 2.12. The van der Waals surface area contributed by atoms with Crippen LogP contribution in [-0.4, -0.2) is 22.9 Å². The first kappa shape index (κ1) is 19.8. The average Bonchev–Trinajstić information content (AvgIpc) is 3.01. The van der Waals surface area contributed by atoms with Gasteiger partial charge in [0, 0.05) is 28.7 Å². The molecule has 0 atom stereocenters. The Labute approximate surface area is 168 Å². The summed E-state index contributed by atoms with van der Waals surface area (Å²) in [6.45, 7) is 6.87. The number of nitrogens with zero attached hydrogens (tertiary/aromatic N) is 2. The molecule has 0 saturated carbocycles. The highest BCUT2D eigenvalue weighted by Crippen LogP contribution is 2.12. The van der Waals surface area contributed by atoms with E-state index in [1.807, 2.05) is 74.0 Å². The van der Waals surface area contributed by atoms with Crippen molar-refractivity contribution in [3.63, 3.8) is 0 Å². The minimum atomic E-state index is -0.267. The van der Waals surface area contributed by atoms with Crippen LogP contribution in [-0.2, 0) is 6.54 Å². The van der Waals surface area contributed by atoms with Crippen molar-refractivity contribution in [3.05, 3.63) is 86.7 Å². The van der Waals surface area contributed by atoms with Crippen LogP contribution in [0.1, 0.15) is 43.6 Å². The molecule has 0 aliphatic heterocycles. The molecule has 28 heavy (non-hydrogen) atoms. The van der Waals surface area contributed by atoms with Crippen molar-refractivity contribution < 1.29 is 9.59 Å². The van der Waals surface area contributed by atoms with E-state index >= 15 is 0 Å². The van der Waals surface area contributed by atoms with Crippen molar-refractivity contribution in [2.24, 2.45) is 4.99 Å². The van der Waals surface area contributed by atoms with E-state index in [1.54, 1.807) is 6.07 Å². The second-order valence-electron chi connectivity index (χ2n) is 6.56. The molecule has 0 radical (unpaired) electrons. The summed E-state index contributed by atoms with van der Waals surface area (Å²) in [5.41, 5.74) is 3.11. The van der Waals surface area contributed by atoms with Crippen molar-refractivity contribution in [1.29, 1.82) is 0 Å². The Kier molecular flexibility index (Phi) is 6.21. The van der Waals surface area contributed by atoms with Crippen LogP contribution >= 0.6 is 11.3 Å². The lowest BCUT2D eigenvalue weighted by Crippen LogP contribution is -2.25. The molecule has 3 rings (SSSR count). The van der Waals surface area contributed by atoms with Crippen molar-refractivity contribution in [3.8, 4) is 0 Å². The topological polar surface area (TPSA) is 63.5 Å². The number of amides is 2. The number of hydrogen-bond acceptors (Lipinski definition) is 3. The van der Waals surface area contributed by atoms with Gasteiger partial charge < -0.3 is 9.88 Å². The predicted molar refractivity (Wildman–Crippen MR) is 112 cm³/mol. The number of thiazole rings is 1. The van der Waals surface area contributed by atoms with Crippen molar-refractivity contribution >= 4 is 23.2 Å². The highest BCUT2D eigenvalue weighted by atomic mass is 32.1. The molecule has 0 spiro atoms. The summed E-state index contributed by atoms with van der Waals surface area (Å²) in [6.07, 6.45) is 1.96. The molecule has 2 amide bonds. The number of benzene rings is 2. The minimum absolute atomic E-state index is 0.0972. The Morgan fingerprint density at radius 2 is 1.89 bits per heavy atom. The van der Waals surface area contributed by atoms with Crippen LogP contribution in [0.5, 0.6) is 0 Å². The molecule has 1 N–H and O–H groups in total. The molecule has 144 valence electrons.